The molecule has 2 aromatic rings. The maximum Gasteiger partial charge on any atom is 0.0924 e. The molecule has 0 bridgehead atoms. The maximum atomic E-state index is 10.8. The topological polar surface area (TPSA) is 38.0 Å². The van der Waals surface area contributed by atoms with E-state index < -0.39 is 5.60 Å². The molecular formula is C16H20Cl2N2O. The minimum Gasteiger partial charge on any atom is -0.385 e. The molecule has 1 aromatic heterocycles. The van der Waals surface area contributed by atoms with Crippen molar-refractivity contribution < 1.29 is 5.11 Å². The van der Waals surface area contributed by atoms with Crippen molar-refractivity contribution in [2.24, 2.45) is 0 Å². The number of aromatic nitrogens is 2. The van der Waals surface area contributed by atoms with E-state index in [2.05, 4.69) is 5.10 Å². The van der Waals surface area contributed by atoms with Crippen LogP contribution in [0, 0.1) is 0 Å². The average Bonchev–Trinajstić information content (AvgIpc) is 2.75. The normalized spacial score (nSPS) is 14.2. The summed E-state index contributed by atoms with van der Waals surface area (Å²) in [6, 6.07) is 7.28. The molecular weight excluding hydrogens is 307 g/mol. The van der Waals surface area contributed by atoms with Crippen LogP contribution in [0.4, 0.5) is 0 Å². The minimum absolute atomic E-state index is 0.396. The van der Waals surface area contributed by atoms with Gasteiger partial charge >= 0.3 is 0 Å². The van der Waals surface area contributed by atoms with Crippen molar-refractivity contribution >= 4 is 23.2 Å². The molecule has 0 fully saturated rings. The van der Waals surface area contributed by atoms with E-state index in [-0.39, 0.29) is 0 Å². The first-order valence-electron chi connectivity index (χ1n) is 7.11. The van der Waals surface area contributed by atoms with Gasteiger partial charge in [0.05, 0.1) is 22.0 Å². The molecule has 2 rings (SSSR count). The predicted molar refractivity (Wildman–Crippen MR) is 87.0 cm³/mol. The molecule has 21 heavy (non-hydrogen) atoms. The number of rotatable bonds is 5. The second-order valence-corrected chi connectivity index (χ2v) is 6.15. The molecule has 0 radical (unpaired) electrons. The molecule has 0 aliphatic heterocycles. The van der Waals surface area contributed by atoms with Gasteiger partial charge in [-0.1, -0.05) is 42.3 Å². The van der Waals surface area contributed by atoms with E-state index in [1.807, 2.05) is 30.7 Å². The van der Waals surface area contributed by atoms with Gasteiger partial charge < -0.3 is 5.11 Å². The van der Waals surface area contributed by atoms with Gasteiger partial charge in [-0.3, -0.25) is 4.68 Å². The predicted octanol–water partition coefficient (Wildman–Crippen LogP) is 4.22. The molecule has 114 valence electrons. The standard InChI is InChI=1S/C16H20Cl2N2O/c1-4-13-15(18)14(20(5-2)19-13)10-16(3,21)11-7-6-8-12(17)9-11/h6-9,21H,4-5,10H2,1-3H3. The number of nitrogens with zero attached hydrogens (tertiary/aromatic N) is 2. The van der Waals surface area contributed by atoms with Gasteiger partial charge in [-0.25, -0.2) is 0 Å². The van der Waals surface area contributed by atoms with Gasteiger partial charge in [0.2, 0.25) is 0 Å². The van der Waals surface area contributed by atoms with Crippen molar-refractivity contribution in [3.05, 3.63) is 51.3 Å². The number of hydrogen-bond donors (Lipinski definition) is 1. The van der Waals surface area contributed by atoms with Crippen molar-refractivity contribution in [1.29, 1.82) is 0 Å². The zero-order chi connectivity index (χ0) is 15.6. The summed E-state index contributed by atoms with van der Waals surface area (Å²) in [4.78, 5) is 0. The Bertz CT molecular complexity index is 635. The monoisotopic (exact) mass is 326 g/mol. The van der Waals surface area contributed by atoms with Gasteiger partial charge in [0.1, 0.15) is 0 Å². The van der Waals surface area contributed by atoms with Crippen LogP contribution in [0.1, 0.15) is 37.7 Å². The Balaban J connectivity index is 2.38. The van der Waals surface area contributed by atoms with Crippen LogP contribution < -0.4 is 0 Å². The number of halogens is 2. The molecule has 1 heterocycles. The first-order valence-corrected chi connectivity index (χ1v) is 7.87. The number of aryl methyl sites for hydroxylation is 2. The number of benzene rings is 1. The summed E-state index contributed by atoms with van der Waals surface area (Å²) in [6.45, 7) is 6.53. The van der Waals surface area contributed by atoms with Crippen molar-refractivity contribution in [3.63, 3.8) is 0 Å². The third kappa shape index (κ3) is 3.42. The van der Waals surface area contributed by atoms with E-state index >= 15 is 0 Å². The first kappa shape index (κ1) is 16.3. The van der Waals surface area contributed by atoms with Gasteiger partial charge in [-0.15, -0.1) is 0 Å². The fraction of sp³-hybridized carbons (Fsp3) is 0.438. The van der Waals surface area contributed by atoms with Crippen molar-refractivity contribution in [2.45, 2.75) is 45.8 Å². The van der Waals surface area contributed by atoms with E-state index in [0.29, 0.717) is 16.5 Å². The molecule has 1 N–H and O–H groups in total. The SMILES string of the molecule is CCc1nn(CC)c(CC(C)(O)c2cccc(Cl)c2)c1Cl. The van der Waals surface area contributed by atoms with E-state index in [4.69, 9.17) is 23.2 Å². The average molecular weight is 327 g/mol. The Kier molecular flexibility index (Phi) is 4.97. The number of aliphatic hydroxyl groups is 1. The first-order chi connectivity index (χ1) is 9.89. The van der Waals surface area contributed by atoms with Gasteiger partial charge in [-0.05, 0) is 38.0 Å². The largest absolute Gasteiger partial charge is 0.385 e. The van der Waals surface area contributed by atoms with E-state index in [0.717, 1.165) is 29.9 Å². The summed E-state index contributed by atoms with van der Waals surface area (Å²) in [6.07, 6.45) is 1.17. The smallest absolute Gasteiger partial charge is 0.0924 e. The van der Waals surface area contributed by atoms with E-state index in [1.54, 1.807) is 19.1 Å². The third-order valence-corrected chi connectivity index (χ3v) is 4.32. The van der Waals surface area contributed by atoms with Crippen molar-refractivity contribution in [1.82, 2.24) is 9.78 Å². The van der Waals surface area contributed by atoms with Crippen LogP contribution in [-0.4, -0.2) is 14.9 Å². The van der Waals surface area contributed by atoms with Crippen LogP contribution in [-0.2, 0) is 25.0 Å². The van der Waals surface area contributed by atoms with Crippen LogP contribution in [0.3, 0.4) is 0 Å². The van der Waals surface area contributed by atoms with Gasteiger partial charge in [0.25, 0.3) is 0 Å². The molecule has 1 atom stereocenters. The molecule has 0 spiro atoms. The van der Waals surface area contributed by atoms with Crippen LogP contribution in [0.2, 0.25) is 10.0 Å². The molecule has 1 aromatic carbocycles. The lowest BCUT2D eigenvalue weighted by Crippen LogP contribution is -2.26. The van der Waals surface area contributed by atoms with Crippen LogP contribution >= 0.6 is 23.2 Å². The zero-order valence-electron chi connectivity index (χ0n) is 12.5. The quantitative estimate of drug-likeness (QED) is 0.893. The Hall–Kier alpha value is -1.03. The summed E-state index contributed by atoms with van der Waals surface area (Å²) >= 11 is 12.4. The lowest BCUT2D eigenvalue weighted by Gasteiger charge is -2.24. The van der Waals surface area contributed by atoms with Crippen LogP contribution in [0.25, 0.3) is 0 Å². The fourth-order valence-corrected chi connectivity index (χ4v) is 2.96. The second-order valence-electron chi connectivity index (χ2n) is 5.34. The van der Waals surface area contributed by atoms with Gasteiger partial charge in [0.15, 0.2) is 0 Å². The highest BCUT2D eigenvalue weighted by molar-refractivity contribution is 6.32. The third-order valence-electron chi connectivity index (χ3n) is 3.65. The van der Waals surface area contributed by atoms with E-state index in [1.165, 1.54) is 0 Å². The minimum atomic E-state index is -1.05. The summed E-state index contributed by atoms with van der Waals surface area (Å²) in [5, 5.41) is 16.6. The Morgan fingerprint density at radius 3 is 2.57 bits per heavy atom. The summed E-state index contributed by atoms with van der Waals surface area (Å²) in [5.41, 5.74) is 1.45. The molecule has 3 nitrogen and oxygen atoms in total. The fourth-order valence-electron chi connectivity index (χ4n) is 2.44. The lowest BCUT2D eigenvalue weighted by molar-refractivity contribution is 0.0554. The van der Waals surface area contributed by atoms with Crippen LogP contribution in [0.5, 0.6) is 0 Å². The highest BCUT2D eigenvalue weighted by Gasteiger charge is 2.28. The highest BCUT2D eigenvalue weighted by Crippen LogP contribution is 2.31. The Morgan fingerprint density at radius 2 is 2.00 bits per heavy atom. The molecule has 0 saturated carbocycles. The molecule has 5 heteroatoms. The molecule has 0 amide bonds. The highest BCUT2D eigenvalue weighted by atomic mass is 35.5. The van der Waals surface area contributed by atoms with Gasteiger partial charge in [-0.2, -0.15) is 5.10 Å². The maximum absolute atomic E-state index is 10.8. The zero-order valence-corrected chi connectivity index (χ0v) is 14.0. The Labute approximate surface area is 135 Å². The summed E-state index contributed by atoms with van der Waals surface area (Å²) < 4.78 is 1.86. The summed E-state index contributed by atoms with van der Waals surface area (Å²) in [5.74, 6) is 0. The molecule has 0 aliphatic carbocycles. The van der Waals surface area contributed by atoms with Crippen LogP contribution in [0.15, 0.2) is 24.3 Å². The lowest BCUT2D eigenvalue weighted by atomic mass is 9.91. The van der Waals surface area contributed by atoms with Crippen molar-refractivity contribution in [2.75, 3.05) is 0 Å². The summed E-state index contributed by atoms with van der Waals surface area (Å²) in [7, 11) is 0. The second kappa shape index (κ2) is 6.39. The van der Waals surface area contributed by atoms with Gasteiger partial charge in [0, 0.05) is 18.0 Å². The molecule has 0 aliphatic rings. The van der Waals surface area contributed by atoms with Crippen molar-refractivity contribution in [3.8, 4) is 0 Å². The van der Waals surface area contributed by atoms with E-state index in [9.17, 15) is 5.11 Å². The Morgan fingerprint density at radius 1 is 1.29 bits per heavy atom. The molecule has 1 unspecified atom stereocenters. The molecule has 0 saturated heterocycles. The number of hydrogen-bond acceptors (Lipinski definition) is 2.